The van der Waals surface area contributed by atoms with Crippen molar-refractivity contribution < 1.29 is 9.90 Å². The molecule has 0 aliphatic heterocycles. The molecule has 0 heterocycles. The lowest BCUT2D eigenvalue weighted by molar-refractivity contribution is -0.134. The first-order valence-corrected chi connectivity index (χ1v) is 6.19. The van der Waals surface area contributed by atoms with Gasteiger partial charge < -0.3 is 15.3 Å². The molecule has 0 aromatic carbocycles. The van der Waals surface area contributed by atoms with Crippen LogP contribution < -0.4 is 5.32 Å². The van der Waals surface area contributed by atoms with Crippen LogP contribution in [0.4, 0.5) is 0 Å². The average Bonchev–Trinajstić information content (AvgIpc) is 2.25. The number of nitrogens with one attached hydrogen (secondary N) is 1. The number of amides is 1. The first-order valence-electron chi connectivity index (χ1n) is 6.19. The fourth-order valence-electron chi connectivity index (χ4n) is 2.14. The van der Waals surface area contributed by atoms with Gasteiger partial charge in [0.15, 0.2) is 0 Å². The van der Waals surface area contributed by atoms with Gasteiger partial charge in [-0.2, -0.15) is 0 Å². The number of hydrogen-bond acceptors (Lipinski definition) is 3. The zero-order valence-corrected chi connectivity index (χ0v) is 10.6. The average molecular weight is 228 g/mol. The van der Waals surface area contributed by atoms with Crippen LogP contribution in [0.1, 0.15) is 39.5 Å². The topological polar surface area (TPSA) is 52.6 Å². The molecular formula is C12H24N2O2. The standard InChI is InChI=1S/C12H24N2O2/c1-9(2)13-8-12(16)14(3)10-6-4-5-7-11(10)15/h9-11,13,15H,4-8H2,1-3H3. The quantitative estimate of drug-likeness (QED) is 0.746. The van der Waals surface area contributed by atoms with Crippen molar-refractivity contribution in [3.63, 3.8) is 0 Å². The molecule has 4 heteroatoms. The van der Waals surface area contributed by atoms with Crippen LogP contribution in [0.15, 0.2) is 0 Å². The lowest BCUT2D eigenvalue weighted by atomic mass is 9.91. The summed E-state index contributed by atoms with van der Waals surface area (Å²) in [5.41, 5.74) is 0. The van der Waals surface area contributed by atoms with Crippen molar-refractivity contribution in [1.82, 2.24) is 10.2 Å². The lowest BCUT2D eigenvalue weighted by Gasteiger charge is -2.35. The predicted octanol–water partition coefficient (Wildman–Crippen LogP) is 0.746. The van der Waals surface area contributed by atoms with Crippen LogP contribution in [-0.4, -0.2) is 47.7 Å². The highest BCUT2D eigenvalue weighted by atomic mass is 16.3. The van der Waals surface area contributed by atoms with E-state index in [9.17, 15) is 9.90 Å². The van der Waals surface area contributed by atoms with E-state index in [0.717, 1.165) is 25.7 Å². The normalized spacial score (nSPS) is 25.8. The second-order valence-electron chi connectivity index (χ2n) is 4.96. The molecule has 1 rings (SSSR count). The van der Waals surface area contributed by atoms with Crippen LogP contribution in [0.3, 0.4) is 0 Å². The Morgan fingerprint density at radius 1 is 1.44 bits per heavy atom. The molecule has 0 aromatic rings. The Bertz CT molecular complexity index is 231. The Morgan fingerprint density at radius 2 is 2.06 bits per heavy atom. The van der Waals surface area contributed by atoms with Gasteiger partial charge in [-0.3, -0.25) is 4.79 Å². The van der Waals surface area contributed by atoms with Gasteiger partial charge in [-0.15, -0.1) is 0 Å². The van der Waals surface area contributed by atoms with Crippen LogP contribution in [-0.2, 0) is 4.79 Å². The van der Waals surface area contributed by atoms with E-state index in [4.69, 9.17) is 0 Å². The molecule has 0 bridgehead atoms. The second kappa shape index (κ2) is 6.21. The van der Waals surface area contributed by atoms with Gasteiger partial charge in [0.25, 0.3) is 0 Å². The third kappa shape index (κ3) is 3.76. The predicted molar refractivity (Wildman–Crippen MR) is 64.2 cm³/mol. The number of rotatable bonds is 4. The Hall–Kier alpha value is -0.610. The minimum absolute atomic E-state index is 0.00946. The van der Waals surface area contributed by atoms with Gasteiger partial charge in [-0.25, -0.2) is 0 Å². The van der Waals surface area contributed by atoms with Crippen LogP contribution in [0.25, 0.3) is 0 Å². The van der Waals surface area contributed by atoms with E-state index in [1.807, 2.05) is 13.8 Å². The maximum absolute atomic E-state index is 11.8. The maximum atomic E-state index is 11.8. The summed E-state index contributed by atoms with van der Waals surface area (Å²) in [7, 11) is 1.80. The summed E-state index contributed by atoms with van der Waals surface area (Å²) in [6.07, 6.45) is 3.58. The van der Waals surface area contributed by atoms with E-state index in [2.05, 4.69) is 5.32 Å². The molecule has 94 valence electrons. The third-order valence-corrected chi connectivity index (χ3v) is 3.25. The molecule has 0 radical (unpaired) electrons. The van der Waals surface area contributed by atoms with E-state index < -0.39 is 0 Å². The van der Waals surface area contributed by atoms with Gasteiger partial charge in [0.05, 0.1) is 18.7 Å². The molecule has 0 saturated heterocycles. The molecule has 1 aliphatic rings. The van der Waals surface area contributed by atoms with Crippen molar-refractivity contribution in [3.8, 4) is 0 Å². The first kappa shape index (κ1) is 13.5. The van der Waals surface area contributed by atoms with Crippen LogP contribution in [0, 0.1) is 0 Å². The van der Waals surface area contributed by atoms with Crippen molar-refractivity contribution in [3.05, 3.63) is 0 Å². The smallest absolute Gasteiger partial charge is 0.236 e. The first-order chi connectivity index (χ1) is 7.52. The van der Waals surface area contributed by atoms with Crippen molar-refractivity contribution >= 4 is 5.91 Å². The Balaban J connectivity index is 2.42. The largest absolute Gasteiger partial charge is 0.391 e. The fourth-order valence-corrected chi connectivity index (χ4v) is 2.14. The maximum Gasteiger partial charge on any atom is 0.236 e. The van der Waals surface area contributed by atoms with Gasteiger partial charge >= 0.3 is 0 Å². The Labute approximate surface area is 98.0 Å². The summed E-state index contributed by atoms with van der Waals surface area (Å²) in [6, 6.07) is 0.323. The number of aliphatic hydroxyl groups is 1. The van der Waals surface area contributed by atoms with Crippen molar-refractivity contribution in [2.24, 2.45) is 0 Å². The molecule has 0 aromatic heterocycles. The molecule has 4 nitrogen and oxygen atoms in total. The SMILES string of the molecule is CC(C)NCC(=O)N(C)C1CCCCC1O. The number of carbonyl (C=O) groups is 1. The molecule has 1 fully saturated rings. The minimum Gasteiger partial charge on any atom is -0.391 e. The summed E-state index contributed by atoms with van der Waals surface area (Å²) in [6.45, 7) is 4.39. The molecule has 2 N–H and O–H groups in total. The van der Waals surface area contributed by atoms with Gasteiger partial charge in [0.1, 0.15) is 0 Å². The van der Waals surface area contributed by atoms with E-state index in [0.29, 0.717) is 12.6 Å². The van der Waals surface area contributed by atoms with Gasteiger partial charge in [0, 0.05) is 13.1 Å². The summed E-state index contributed by atoms with van der Waals surface area (Å²) >= 11 is 0. The van der Waals surface area contributed by atoms with E-state index >= 15 is 0 Å². The zero-order valence-electron chi connectivity index (χ0n) is 10.6. The lowest BCUT2D eigenvalue weighted by Crippen LogP contribution is -2.49. The second-order valence-corrected chi connectivity index (χ2v) is 4.96. The molecular weight excluding hydrogens is 204 g/mol. The summed E-state index contributed by atoms with van der Waals surface area (Å²) in [4.78, 5) is 13.6. The molecule has 1 saturated carbocycles. The molecule has 1 amide bonds. The minimum atomic E-state index is -0.346. The number of nitrogens with zero attached hydrogens (tertiary/aromatic N) is 1. The third-order valence-electron chi connectivity index (χ3n) is 3.25. The molecule has 1 aliphatic carbocycles. The fraction of sp³-hybridized carbons (Fsp3) is 0.917. The Morgan fingerprint density at radius 3 is 2.62 bits per heavy atom. The number of aliphatic hydroxyl groups excluding tert-OH is 1. The molecule has 2 atom stereocenters. The van der Waals surface area contributed by atoms with Crippen LogP contribution in [0.5, 0.6) is 0 Å². The number of likely N-dealkylation sites (N-methyl/N-ethyl adjacent to an activating group) is 1. The monoisotopic (exact) mass is 228 g/mol. The molecule has 16 heavy (non-hydrogen) atoms. The van der Waals surface area contributed by atoms with Crippen molar-refractivity contribution in [1.29, 1.82) is 0 Å². The van der Waals surface area contributed by atoms with E-state index in [1.165, 1.54) is 0 Å². The highest BCUT2D eigenvalue weighted by Crippen LogP contribution is 2.22. The van der Waals surface area contributed by atoms with E-state index in [-0.39, 0.29) is 18.1 Å². The van der Waals surface area contributed by atoms with Gasteiger partial charge in [-0.1, -0.05) is 26.7 Å². The Kier molecular flexibility index (Phi) is 5.22. The number of hydrogen-bond donors (Lipinski definition) is 2. The summed E-state index contributed by atoms with van der Waals surface area (Å²) in [5.74, 6) is 0.0691. The molecule has 0 spiro atoms. The van der Waals surface area contributed by atoms with Crippen molar-refractivity contribution in [2.45, 2.75) is 57.7 Å². The highest BCUT2D eigenvalue weighted by Gasteiger charge is 2.28. The highest BCUT2D eigenvalue weighted by molar-refractivity contribution is 5.78. The van der Waals surface area contributed by atoms with Gasteiger partial charge in [-0.05, 0) is 12.8 Å². The molecule has 2 unspecified atom stereocenters. The van der Waals surface area contributed by atoms with Crippen LogP contribution >= 0.6 is 0 Å². The van der Waals surface area contributed by atoms with E-state index in [1.54, 1.807) is 11.9 Å². The summed E-state index contributed by atoms with van der Waals surface area (Å²) < 4.78 is 0. The van der Waals surface area contributed by atoms with Crippen molar-refractivity contribution in [2.75, 3.05) is 13.6 Å². The summed E-state index contributed by atoms with van der Waals surface area (Å²) in [5, 5.41) is 13.0. The number of carbonyl (C=O) groups excluding carboxylic acids is 1. The van der Waals surface area contributed by atoms with Gasteiger partial charge in [0.2, 0.25) is 5.91 Å². The van der Waals surface area contributed by atoms with Crippen LogP contribution in [0.2, 0.25) is 0 Å². The zero-order chi connectivity index (χ0) is 12.1.